The van der Waals surface area contributed by atoms with Crippen LogP contribution in [0.5, 0.6) is 0 Å². The van der Waals surface area contributed by atoms with Crippen LogP contribution < -0.4 is 10.3 Å². The van der Waals surface area contributed by atoms with Crippen molar-refractivity contribution < 1.29 is 9.21 Å². The fourth-order valence-electron chi connectivity index (χ4n) is 1.81. The van der Waals surface area contributed by atoms with Gasteiger partial charge in [0.25, 0.3) is 0 Å². The summed E-state index contributed by atoms with van der Waals surface area (Å²) in [6.45, 7) is 10.5. The molecule has 23 heavy (non-hydrogen) atoms. The summed E-state index contributed by atoms with van der Waals surface area (Å²) < 4.78 is 6.90. The number of carbonyl (C=O) groups is 1. The smallest absolute Gasteiger partial charge is 0.231 e. The predicted octanol–water partition coefficient (Wildman–Crippen LogP) is 3.59. The third kappa shape index (κ3) is 4.68. The van der Waals surface area contributed by atoms with Crippen molar-refractivity contribution >= 4 is 47.6 Å². The van der Waals surface area contributed by atoms with Gasteiger partial charge in [-0.2, -0.15) is 0 Å². The number of rotatable bonds is 6. The average molecular weight is 370 g/mol. The van der Waals surface area contributed by atoms with Crippen LogP contribution in [0, 0.1) is 5.92 Å². The number of hydrogen-bond acceptors (Lipinski definition) is 6. The van der Waals surface area contributed by atoms with Gasteiger partial charge in [0.2, 0.25) is 11.8 Å². The molecule has 0 aliphatic rings. The second kappa shape index (κ2) is 7.19. The SMILES string of the molecule is CC(C)C(=O)N(C)c1ncc(SCc2ncc([Si](C)(C)C)o2)s1. The van der Waals surface area contributed by atoms with E-state index in [1.165, 1.54) is 11.3 Å². The van der Waals surface area contributed by atoms with E-state index in [1.807, 2.05) is 20.0 Å². The van der Waals surface area contributed by atoms with E-state index in [0.29, 0.717) is 5.75 Å². The van der Waals surface area contributed by atoms with Crippen LogP contribution in [0.15, 0.2) is 21.0 Å². The first-order chi connectivity index (χ1) is 10.7. The molecule has 0 saturated carbocycles. The van der Waals surface area contributed by atoms with E-state index in [2.05, 4.69) is 29.6 Å². The molecule has 0 fully saturated rings. The molecule has 2 rings (SSSR count). The Morgan fingerprint density at radius 3 is 2.61 bits per heavy atom. The number of thiazole rings is 1. The van der Waals surface area contributed by atoms with Crippen molar-refractivity contribution in [2.24, 2.45) is 5.92 Å². The minimum Gasteiger partial charge on any atom is -0.450 e. The summed E-state index contributed by atoms with van der Waals surface area (Å²) in [5.74, 6) is 1.46. The molecular formula is C15H23N3O2S2Si. The highest BCUT2D eigenvalue weighted by atomic mass is 32.2. The van der Waals surface area contributed by atoms with Crippen LogP contribution in [0.25, 0.3) is 0 Å². The molecule has 0 spiro atoms. The van der Waals surface area contributed by atoms with Crippen molar-refractivity contribution in [2.75, 3.05) is 11.9 Å². The molecule has 0 aliphatic carbocycles. The number of carbonyl (C=O) groups excluding carboxylic acids is 1. The molecule has 0 unspecified atom stereocenters. The summed E-state index contributed by atoms with van der Waals surface area (Å²) in [4.78, 5) is 22.3. The molecule has 0 aromatic carbocycles. The molecule has 5 nitrogen and oxygen atoms in total. The van der Waals surface area contributed by atoms with Gasteiger partial charge in [-0.1, -0.05) is 44.8 Å². The normalized spacial score (nSPS) is 12.0. The van der Waals surface area contributed by atoms with Crippen LogP contribution in [0.1, 0.15) is 19.7 Å². The monoisotopic (exact) mass is 369 g/mol. The summed E-state index contributed by atoms with van der Waals surface area (Å²) in [6.07, 6.45) is 3.66. The predicted molar refractivity (Wildman–Crippen MR) is 99.4 cm³/mol. The Morgan fingerprint density at radius 1 is 1.35 bits per heavy atom. The summed E-state index contributed by atoms with van der Waals surface area (Å²) >= 11 is 3.15. The molecule has 0 radical (unpaired) electrons. The van der Waals surface area contributed by atoms with Gasteiger partial charge in [-0.05, 0) is 0 Å². The summed E-state index contributed by atoms with van der Waals surface area (Å²) in [5, 5.41) is 1.75. The molecule has 1 amide bonds. The molecule has 8 heteroatoms. The lowest BCUT2D eigenvalue weighted by Gasteiger charge is -2.15. The van der Waals surface area contributed by atoms with E-state index in [-0.39, 0.29) is 11.8 Å². The average Bonchev–Trinajstić information content (AvgIpc) is 3.11. The van der Waals surface area contributed by atoms with Crippen molar-refractivity contribution in [3.05, 3.63) is 18.3 Å². The molecule has 126 valence electrons. The molecule has 2 heterocycles. The second-order valence-electron chi connectivity index (χ2n) is 6.67. The Labute approximate surface area is 146 Å². The summed E-state index contributed by atoms with van der Waals surface area (Å²) in [7, 11) is 0.320. The standard InChI is InChI=1S/C15H23N3O2S2Si/c1-10(2)14(19)18(3)15-17-8-13(22-15)21-9-11-16-7-12(20-11)23(4,5)6/h7-8,10H,9H2,1-6H3. The lowest BCUT2D eigenvalue weighted by molar-refractivity contribution is -0.121. The number of oxazole rings is 1. The van der Waals surface area contributed by atoms with Crippen LogP contribution in [0.2, 0.25) is 19.6 Å². The fraction of sp³-hybridized carbons (Fsp3) is 0.533. The molecule has 0 bridgehead atoms. The van der Waals surface area contributed by atoms with Gasteiger partial charge in [0.1, 0.15) is 13.5 Å². The number of nitrogens with zero attached hydrogens (tertiary/aromatic N) is 3. The molecule has 0 aliphatic heterocycles. The number of anilines is 1. The highest BCUT2D eigenvalue weighted by Gasteiger charge is 2.22. The zero-order valence-corrected chi connectivity index (χ0v) is 17.0. The van der Waals surface area contributed by atoms with Crippen molar-refractivity contribution in [2.45, 2.75) is 43.5 Å². The van der Waals surface area contributed by atoms with E-state index in [9.17, 15) is 4.79 Å². The van der Waals surface area contributed by atoms with Gasteiger partial charge >= 0.3 is 0 Å². The second-order valence-corrected chi connectivity index (χ2v) is 13.9. The van der Waals surface area contributed by atoms with Crippen LogP contribution in [0.3, 0.4) is 0 Å². The maximum atomic E-state index is 12.0. The topological polar surface area (TPSA) is 59.2 Å². The number of amides is 1. The highest BCUT2D eigenvalue weighted by molar-refractivity contribution is 8.00. The minimum atomic E-state index is -1.45. The van der Waals surface area contributed by atoms with E-state index in [4.69, 9.17) is 4.42 Å². The van der Waals surface area contributed by atoms with Crippen molar-refractivity contribution in [3.63, 3.8) is 0 Å². The van der Waals surface area contributed by atoms with Gasteiger partial charge < -0.3 is 4.42 Å². The Balaban J connectivity index is 1.97. The maximum Gasteiger partial charge on any atom is 0.231 e. The molecular weight excluding hydrogens is 346 g/mol. The van der Waals surface area contributed by atoms with Crippen LogP contribution in [-0.2, 0) is 10.5 Å². The lowest BCUT2D eigenvalue weighted by Crippen LogP contribution is -2.36. The summed E-state index contributed by atoms with van der Waals surface area (Å²) in [6, 6.07) is 0. The quantitative estimate of drug-likeness (QED) is 0.575. The molecule has 0 saturated heterocycles. The number of hydrogen-bond donors (Lipinski definition) is 0. The van der Waals surface area contributed by atoms with Gasteiger partial charge in [-0.3, -0.25) is 9.69 Å². The number of thioether (sulfide) groups is 1. The zero-order chi connectivity index (χ0) is 17.2. The molecule has 2 aromatic rings. The Kier molecular flexibility index (Phi) is 5.69. The molecule has 2 aromatic heterocycles. The van der Waals surface area contributed by atoms with Gasteiger partial charge in [0.05, 0.1) is 22.4 Å². The van der Waals surface area contributed by atoms with Crippen molar-refractivity contribution in [1.82, 2.24) is 9.97 Å². The van der Waals surface area contributed by atoms with Gasteiger partial charge in [0, 0.05) is 13.0 Å². The van der Waals surface area contributed by atoms with Gasteiger partial charge in [-0.25, -0.2) is 9.97 Å². The minimum absolute atomic E-state index is 0.0349. The lowest BCUT2D eigenvalue weighted by atomic mass is 10.2. The van der Waals surface area contributed by atoms with E-state index < -0.39 is 8.07 Å². The molecule has 0 N–H and O–H groups in total. The van der Waals surface area contributed by atoms with E-state index in [1.54, 1.807) is 29.9 Å². The first-order valence-corrected chi connectivity index (χ1v) is 12.8. The maximum absolute atomic E-state index is 12.0. The van der Waals surface area contributed by atoms with Gasteiger partial charge in [-0.15, -0.1) is 11.8 Å². The van der Waals surface area contributed by atoms with Crippen LogP contribution in [0.4, 0.5) is 5.13 Å². The van der Waals surface area contributed by atoms with E-state index >= 15 is 0 Å². The first-order valence-electron chi connectivity index (χ1n) is 7.50. The zero-order valence-electron chi connectivity index (χ0n) is 14.4. The molecule has 0 atom stereocenters. The summed E-state index contributed by atoms with van der Waals surface area (Å²) in [5.41, 5.74) is 0. The van der Waals surface area contributed by atoms with Crippen LogP contribution >= 0.6 is 23.1 Å². The number of aromatic nitrogens is 2. The fourth-order valence-corrected chi connectivity index (χ4v) is 4.47. The third-order valence-corrected chi connectivity index (χ3v) is 7.18. The highest BCUT2D eigenvalue weighted by Crippen LogP contribution is 2.32. The van der Waals surface area contributed by atoms with Crippen molar-refractivity contribution in [1.29, 1.82) is 0 Å². The largest absolute Gasteiger partial charge is 0.450 e. The van der Waals surface area contributed by atoms with E-state index in [0.717, 1.165) is 20.6 Å². The Hall–Kier alpha value is -1.12. The Bertz CT molecular complexity index is 676. The first kappa shape index (κ1) is 18.2. The Morgan fingerprint density at radius 2 is 2.04 bits per heavy atom. The van der Waals surface area contributed by atoms with Crippen molar-refractivity contribution in [3.8, 4) is 0 Å². The van der Waals surface area contributed by atoms with Gasteiger partial charge in [0.15, 0.2) is 5.13 Å². The third-order valence-electron chi connectivity index (χ3n) is 3.21. The van der Waals surface area contributed by atoms with Crippen LogP contribution in [-0.4, -0.2) is 31.0 Å².